The van der Waals surface area contributed by atoms with Gasteiger partial charge in [0.05, 0.1) is 0 Å². The molecule has 0 unspecified atom stereocenters. The topological polar surface area (TPSA) is 94.2 Å². The summed E-state index contributed by atoms with van der Waals surface area (Å²) in [7, 11) is 0. The largest absolute Gasteiger partial charge is 0.369 e. The maximum absolute atomic E-state index is 5.32. The Kier molecular flexibility index (Phi) is 2.65. The van der Waals surface area contributed by atoms with Gasteiger partial charge in [-0.15, -0.1) is 0 Å². The van der Waals surface area contributed by atoms with Crippen LogP contribution in [0.4, 0.5) is 5.82 Å². The van der Waals surface area contributed by atoms with Crippen molar-refractivity contribution in [2.24, 2.45) is 16.6 Å². The standard InChI is InChI=1S/C6H12N6/c1-2-12-4-3-5(11-12)9-6(7)10-8/h3-4H,2,8H2,1H3,(H3,7,9,10,11). The first-order valence-electron chi connectivity index (χ1n) is 3.60. The fourth-order valence-electron chi connectivity index (χ4n) is 0.742. The third-order valence-electron chi connectivity index (χ3n) is 1.33. The smallest absolute Gasteiger partial charge is 0.209 e. The summed E-state index contributed by atoms with van der Waals surface area (Å²) in [5.74, 6) is 5.72. The average molecular weight is 168 g/mol. The number of nitrogens with two attached hydrogens (primary N) is 2. The second-order valence-corrected chi connectivity index (χ2v) is 2.17. The molecule has 1 heterocycles. The first-order chi connectivity index (χ1) is 5.76. The summed E-state index contributed by atoms with van der Waals surface area (Å²) in [5, 5.41) is 4.07. The van der Waals surface area contributed by atoms with Crippen molar-refractivity contribution in [3.63, 3.8) is 0 Å². The molecule has 1 aromatic rings. The number of hydrogen-bond acceptors (Lipinski definition) is 3. The number of guanidine groups is 1. The van der Waals surface area contributed by atoms with E-state index in [1.165, 1.54) is 0 Å². The van der Waals surface area contributed by atoms with E-state index in [4.69, 9.17) is 11.6 Å². The lowest BCUT2D eigenvalue weighted by molar-refractivity contribution is 0.661. The highest BCUT2D eigenvalue weighted by atomic mass is 15.3. The van der Waals surface area contributed by atoms with Gasteiger partial charge in [0.25, 0.3) is 0 Å². The van der Waals surface area contributed by atoms with Gasteiger partial charge in [-0.1, -0.05) is 0 Å². The molecule has 6 nitrogen and oxygen atoms in total. The molecule has 0 spiro atoms. The zero-order valence-electron chi connectivity index (χ0n) is 6.86. The average Bonchev–Trinajstić information content (AvgIpc) is 2.52. The summed E-state index contributed by atoms with van der Waals surface area (Å²) in [6, 6.07) is 1.76. The molecule has 0 bridgehead atoms. The Hall–Kier alpha value is -1.56. The molecule has 0 aliphatic heterocycles. The minimum atomic E-state index is 0.149. The van der Waals surface area contributed by atoms with E-state index in [0.717, 1.165) is 6.54 Å². The van der Waals surface area contributed by atoms with E-state index in [-0.39, 0.29) is 5.96 Å². The molecule has 0 saturated carbocycles. The molecule has 0 amide bonds. The summed E-state index contributed by atoms with van der Waals surface area (Å²) >= 11 is 0. The molecule has 0 aliphatic rings. The Morgan fingerprint density at radius 1 is 1.83 bits per heavy atom. The Morgan fingerprint density at radius 2 is 2.58 bits per heavy atom. The second-order valence-electron chi connectivity index (χ2n) is 2.17. The molecular formula is C6H12N6. The molecule has 1 aromatic heterocycles. The molecule has 0 fully saturated rings. The van der Waals surface area contributed by atoms with Crippen LogP contribution in [0.25, 0.3) is 0 Å². The van der Waals surface area contributed by atoms with Gasteiger partial charge in [-0.2, -0.15) is 10.1 Å². The number of rotatable bonds is 2. The van der Waals surface area contributed by atoms with Gasteiger partial charge in [-0.3, -0.25) is 10.1 Å². The second kappa shape index (κ2) is 3.72. The third-order valence-corrected chi connectivity index (χ3v) is 1.33. The van der Waals surface area contributed by atoms with Crippen molar-refractivity contribution in [3.05, 3.63) is 12.3 Å². The van der Waals surface area contributed by atoms with Gasteiger partial charge in [0.2, 0.25) is 5.96 Å². The van der Waals surface area contributed by atoms with Crippen LogP contribution in [0.15, 0.2) is 17.3 Å². The number of aryl methyl sites for hydroxylation is 1. The van der Waals surface area contributed by atoms with E-state index >= 15 is 0 Å². The molecule has 0 aliphatic carbocycles. The van der Waals surface area contributed by atoms with Gasteiger partial charge in [-0.25, -0.2) is 5.84 Å². The first-order valence-corrected chi connectivity index (χ1v) is 3.60. The normalized spacial score (nSPS) is 11.7. The Morgan fingerprint density at radius 3 is 3.08 bits per heavy atom. The van der Waals surface area contributed by atoms with Crippen molar-refractivity contribution in [1.29, 1.82) is 0 Å². The van der Waals surface area contributed by atoms with Gasteiger partial charge in [0.15, 0.2) is 5.82 Å². The molecule has 66 valence electrons. The summed E-state index contributed by atoms with van der Waals surface area (Å²) in [5.41, 5.74) is 7.54. The fourth-order valence-corrected chi connectivity index (χ4v) is 0.742. The van der Waals surface area contributed by atoms with Gasteiger partial charge in [0.1, 0.15) is 0 Å². The van der Waals surface area contributed by atoms with Crippen molar-refractivity contribution in [1.82, 2.24) is 15.2 Å². The molecule has 0 atom stereocenters. The van der Waals surface area contributed by atoms with Gasteiger partial charge in [0, 0.05) is 18.8 Å². The van der Waals surface area contributed by atoms with Crippen LogP contribution in [0.2, 0.25) is 0 Å². The van der Waals surface area contributed by atoms with E-state index in [0.29, 0.717) is 5.82 Å². The van der Waals surface area contributed by atoms with Crippen LogP contribution in [-0.4, -0.2) is 15.7 Å². The first kappa shape index (κ1) is 8.54. The van der Waals surface area contributed by atoms with E-state index in [9.17, 15) is 0 Å². The number of aromatic nitrogens is 2. The van der Waals surface area contributed by atoms with Crippen LogP contribution in [0.5, 0.6) is 0 Å². The lowest BCUT2D eigenvalue weighted by Gasteiger charge is -1.94. The van der Waals surface area contributed by atoms with Crippen LogP contribution in [-0.2, 0) is 6.54 Å². The maximum atomic E-state index is 5.32. The van der Waals surface area contributed by atoms with E-state index in [1.807, 2.05) is 13.1 Å². The van der Waals surface area contributed by atoms with E-state index < -0.39 is 0 Å². The number of nitrogens with one attached hydrogen (secondary N) is 1. The molecule has 6 heteroatoms. The van der Waals surface area contributed by atoms with Crippen LogP contribution >= 0.6 is 0 Å². The predicted octanol–water partition coefficient (Wildman–Crippen LogP) is -0.687. The quantitative estimate of drug-likeness (QED) is 0.236. The van der Waals surface area contributed by atoms with Crippen LogP contribution < -0.4 is 17.0 Å². The van der Waals surface area contributed by atoms with Crippen LogP contribution in [0.1, 0.15) is 6.92 Å². The number of aliphatic imine (C=N–C) groups is 1. The monoisotopic (exact) mass is 168 g/mol. The summed E-state index contributed by atoms with van der Waals surface area (Å²) in [6.07, 6.45) is 1.82. The SMILES string of the molecule is CCn1ccc(N=C(N)NN)n1. The van der Waals surface area contributed by atoms with E-state index in [2.05, 4.69) is 15.5 Å². The Balaban J connectivity index is 2.76. The van der Waals surface area contributed by atoms with Crippen LogP contribution in [0, 0.1) is 0 Å². The van der Waals surface area contributed by atoms with Crippen molar-refractivity contribution >= 4 is 11.8 Å². The van der Waals surface area contributed by atoms with Crippen LogP contribution in [0.3, 0.4) is 0 Å². The number of nitrogens with zero attached hydrogens (tertiary/aromatic N) is 3. The molecule has 5 N–H and O–H groups in total. The minimum Gasteiger partial charge on any atom is -0.369 e. The summed E-state index contributed by atoms with van der Waals surface area (Å²) in [6.45, 7) is 2.80. The molecule has 12 heavy (non-hydrogen) atoms. The van der Waals surface area contributed by atoms with Crippen molar-refractivity contribution < 1.29 is 0 Å². The van der Waals surface area contributed by atoms with Gasteiger partial charge < -0.3 is 5.73 Å². The highest BCUT2D eigenvalue weighted by molar-refractivity contribution is 5.79. The lowest BCUT2D eigenvalue weighted by Crippen LogP contribution is -2.36. The molecule has 0 saturated heterocycles. The van der Waals surface area contributed by atoms with Crippen molar-refractivity contribution in [3.8, 4) is 0 Å². The number of hydrazine groups is 1. The summed E-state index contributed by atoms with van der Waals surface area (Å²) in [4.78, 5) is 3.87. The van der Waals surface area contributed by atoms with Gasteiger partial charge >= 0.3 is 0 Å². The Labute approximate surface area is 70.2 Å². The van der Waals surface area contributed by atoms with E-state index in [1.54, 1.807) is 10.7 Å². The zero-order chi connectivity index (χ0) is 8.97. The maximum Gasteiger partial charge on any atom is 0.209 e. The highest BCUT2D eigenvalue weighted by Crippen LogP contribution is 2.05. The third kappa shape index (κ3) is 1.96. The molecule has 0 radical (unpaired) electrons. The molecular weight excluding hydrogens is 156 g/mol. The fraction of sp³-hybridized carbons (Fsp3) is 0.333. The number of hydrogen-bond donors (Lipinski definition) is 3. The zero-order valence-corrected chi connectivity index (χ0v) is 6.86. The summed E-state index contributed by atoms with van der Waals surface area (Å²) < 4.78 is 1.75. The molecule has 0 aromatic carbocycles. The Bertz CT molecular complexity index is 275. The minimum absolute atomic E-state index is 0.149. The van der Waals surface area contributed by atoms with Crippen molar-refractivity contribution in [2.45, 2.75) is 13.5 Å². The van der Waals surface area contributed by atoms with Gasteiger partial charge in [-0.05, 0) is 6.92 Å². The predicted molar refractivity (Wildman–Crippen MR) is 46.5 cm³/mol. The lowest BCUT2D eigenvalue weighted by atomic mass is 10.6. The van der Waals surface area contributed by atoms with Crippen molar-refractivity contribution in [2.75, 3.05) is 0 Å². The molecule has 1 rings (SSSR count). The highest BCUT2D eigenvalue weighted by Gasteiger charge is 1.95.